The molecule has 0 unspecified atom stereocenters. The number of nitrogens with one attached hydrogen (secondary N) is 1. The summed E-state index contributed by atoms with van der Waals surface area (Å²) < 4.78 is 17.9. The van der Waals surface area contributed by atoms with Crippen LogP contribution < -0.4 is 5.32 Å². The minimum absolute atomic E-state index is 0.00597. The van der Waals surface area contributed by atoms with Crippen LogP contribution in [0, 0.1) is 5.82 Å². The maximum Gasteiger partial charge on any atom is 0.340 e. The van der Waals surface area contributed by atoms with Crippen LogP contribution in [0.2, 0.25) is 0 Å². The van der Waals surface area contributed by atoms with Crippen LogP contribution in [0.3, 0.4) is 0 Å². The minimum atomic E-state index is -1.21. The average Bonchev–Trinajstić information content (AvgIpc) is 2.46. The van der Waals surface area contributed by atoms with Gasteiger partial charge in [0, 0.05) is 16.8 Å². The maximum atomic E-state index is 13.4. The van der Waals surface area contributed by atoms with Gasteiger partial charge in [-0.05, 0) is 32.0 Å². The van der Waals surface area contributed by atoms with Crippen molar-refractivity contribution >= 4 is 23.5 Å². The first-order valence-corrected chi connectivity index (χ1v) is 5.88. The van der Waals surface area contributed by atoms with Crippen molar-refractivity contribution in [2.75, 3.05) is 12.4 Å². The molecule has 1 rings (SSSR count). The van der Waals surface area contributed by atoms with E-state index in [-0.39, 0.29) is 22.4 Å². The Bertz CT molecular complexity index is 636. The molecule has 0 aromatic heterocycles. The summed E-state index contributed by atoms with van der Waals surface area (Å²) >= 11 is 0. The van der Waals surface area contributed by atoms with Crippen molar-refractivity contribution in [3.63, 3.8) is 0 Å². The van der Waals surface area contributed by atoms with E-state index in [1.807, 2.05) is 0 Å². The summed E-state index contributed by atoms with van der Waals surface area (Å²) in [6.45, 7) is 2.64. The van der Waals surface area contributed by atoms with Crippen molar-refractivity contribution in [3.8, 4) is 0 Å². The van der Waals surface area contributed by atoms with E-state index in [1.165, 1.54) is 19.9 Å². The number of esters is 1. The lowest BCUT2D eigenvalue weighted by atomic mass is 10.1. The van der Waals surface area contributed by atoms with Gasteiger partial charge in [0.1, 0.15) is 5.82 Å². The van der Waals surface area contributed by atoms with Gasteiger partial charge in [0.25, 0.3) is 5.91 Å². The third-order valence-electron chi connectivity index (χ3n) is 2.85. The molecule has 0 aliphatic carbocycles. The molecule has 1 aromatic carbocycles. The summed E-state index contributed by atoms with van der Waals surface area (Å²) in [7, 11) is 1.11. The Morgan fingerprint density at radius 1 is 1.19 bits per heavy atom. The van der Waals surface area contributed by atoms with E-state index in [0.717, 1.165) is 19.2 Å². The van der Waals surface area contributed by atoms with Gasteiger partial charge < -0.3 is 15.2 Å². The molecule has 0 saturated heterocycles. The van der Waals surface area contributed by atoms with Crippen LogP contribution >= 0.6 is 0 Å². The summed E-state index contributed by atoms with van der Waals surface area (Å²) in [4.78, 5) is 34.0. The predicted octanol–water partition coefficient (Wildman–Crippen LogP) is 1.97. The molecule has 0 fully saturated rings. The van der Waals surface area contributed by atoms with E-state index in [0.29, 0.717) is 0 Å². The monoisotopic (exact) mass is 295 g/mol. The van der Waals surface area contributed by atoms with Crippen molar-refractivity contribution in [1.82, 2.24) is 0 Å². The highest BCUT2D eigenvalue weighted by Crippen LogP contribution is 2.17. The van der Waals surface area contributed by atoms with Crippen LogP contribution in [0.5, 0.6) is 0 Å². The summed E-state index contributed by atoms with van der Waals surface area (Å²) in [5.74, 6) is -3.53. The maximum absolute atomic E-state index is 13.4. The lowest BCUT2D eigenvalue weighted by molar-refractivity contribution is -0.133. The molecular formula is C14H14FNO5. The molecule has 1 aromatic rings. The Morgan fingerprint density at radius 2 is 1.81 bits per heavy atom. The number of carbonyl (C=O) groups is 3. The van der Waals surface area contributed by atoms with Gasteiger partial charge in [-0.2, -0.15) is 0 Å². The van der Waals surface area contributed by atoms with Gasteiger partial charge in [-0.15, -0.1) is 0 Å². The summed E-state index contributed by atoms with van der Waals surface area (Å²) in [6, 6.07) is 3.37. The van der Waals surface area contributed by atoms with Crippen LogP contribution in [0.25, 0.3) is 0 Å². The molecule has 1 amide bonds. The number of rotatable bonds is 4. The fourth-order valence-corrected chi connectivity index (χ4v) is 1.42. The van der Waals surface area contributed by atoms with Crippen LogP contribution in [-0.4, -0.2) is 30.1 Å². The van der Waals surface area contributed by atoms with Crippen molar-refractivity contribution in [3.05, 3.63) is 40.7 Å². The highest BCUT2D eigenvalue weighted by molar-refractivity contribution is 6.08. The molecular weight excluding hydrogens is 281 g/mol. The molecule has 112 valence electrons. The Kier molecular flexibility index (Phi) is 5.18. The molecule has 0 atom stereocenters. The van der Waals surface area contributed by atoms with Gasteiger partial charge in [-0.25, -0.2) is 14.0 Å². The zero-order valence-electron chi connectivity index (χ0n) is 11.7. The standard InChI is InChI=1S/C14H14FNO5/c1-7(8(2)13(18)19)12(17)16-9-4-5-11(15)10(6-9)14(20)21-3/h4-6H,1-3H3,(H,16,17)(H,18,19). The SMILES string of the molecule is COC(=O)c1cc(NC(=O)C(C)=C(C)C(=O)O)ccc1F. The van der Waals surface area contributed by atoms with E-state index >= 15 is 0 Å². The number of aliphatic carboxylic acids is 1. The summed E-state index contributed by atoms with van der Waals surface area (Å²) in [5, 5.41) is 11.2. The Balaban J connectivity index is 3.04. The van der Waals surface area contributed by atoms with Crippen molar-refractivity contribution in [1.29, 1.82) is 0 Å². The van der Waals surface area contributed by atoms with E-state index in [4.69, 9.17) is 5.11 Å². The van der Waals surface area contributed by atoms with Crippen molar-refractivity contribution in [2.24, 2.45) is 0 Å². The summed E-state index contributed by atoms with van der Waals surface area (Å²) in [6.07, 6.45) is 0. The molecule has 0 saturated carbocycles. The van der Waals surface area contributed by atoms with Gasteiger partial charge in [0.05, 0.1) is 12.7 Å². The van der Waals surface area contributed by atoms with Gasteiger partial charge in [-0.1, -0.05) is 0 Å². The predicted molar refractivity (Wildman–Crippen MR) is 72.4 cm³/mol. The number of ether oxygens (including phenoxy) is 1. The second kappa shape index (κ2) is 6.65. The van der Waals surface area contributed by atoms with Crippen molar-refractivity contribution < 1.29 is 28.6 Å². The second-order valence-electron chi connectivity index (χ2n) is 4.20. The molecule has 0 aliphatic heterocycles. The largest absolute Gasteiger partial charge is 0.478 e. The molecule has 2 N–H and O–H groups in total. The van der Waals surface area contributed by atoms with Crippen LogP contribution in [0.15, 0.2) is 29.3 Å². The fourth-order valence-electron chi connectivity index (χ4n) is 1.42. The van der Waals surface area contributed by atoms with Gasteiger partial charge >= 0.3 is 11.9 Å². The number of carboxylic acids is 1. The van der Waals surface area contributed by atoms with E-state index < -0.39 is 23.7 Å². The Labute approximate surface area is 120 Å². The van der Waals surface area contributed by atoms with Crippen LogP contribution in [0.1, 0.15) is 24.2 Å². The van der Waals surface area contributed by atoms with E-state index in [2.05, 4.69) is 10.1 Å². The number of hydrogen-bond acceptors (Lipinski definition) is 4. The average molecular weight is 295 g/mol. The van der Waals surface area contributed by atoms with Gasteiger partial charge in [-0.3, -0.25) is 4.79 Å². The molecule has 0 spiro atoms. The number of hydrogen-bond donors (Lipinski definition) is 2. The minimum Gasteiger partial charge on any atom is -0.478 e. The normalized spacial score (nSPS) is 11.4. The van der Waals surface area contributed by atoms with Gasteiger partial charge in [0.15, 0.2) is 0 Å². The first kappa shape index (κ1) is 16.4. The van der Waals surface area contributed by atoms with Crippen LogP contribution in [-0.2, 0) is 14.3 Å². The Hall–Kier alpha value is -2.70. The lowest BCUT2D eigenvalue weighted by Gasteiger charge is -2.09. The molecule has 6 nitrogen and oxygen atoms in total. The molecule has 0 radical (unpaired) electrons. The molecule has 0 heterocycles. The highest BCUT2D eigenvalue weighted by Gasteiger charge is 2.16. The number of halogens is 1. The number of carboxylic acid groups (broad SMARTS) is 1. The van der Waals surface area contributed by atoms with Crippen LogP contribution in [0.4, 0.5) is 10.1 Å². The van der Waals surface area contributed by atoms with E-state index in [9.17, 15) is 18.8 Å². The zero-order valence-corrected chi connectivity index (χ0v) is 11.7. The third kappa shape index (κ3) is 3.88. The number of amides is 1. The third-order valence-corrected chi connectivity index (χ3v) is 2.85. The molecule has 21 heavy (non-hydrogen) atoms. The topological polar surface area (TPSA) is 92.7 Å². The highest BCUT2D eigenvalue weighted by atomic mass is 19.1. The quantitative estimate of drug-likeness (QED) is 0.654. The number of carbonyl (C=O) groups excluding carboxylic acids is 2. The smallest absolute Gasteiger partial charge is 0.340 e. The van der Waals surface area contributed by atoms with E-state index in [1.54, 1.807) is 0 Å². The first-order chi connectivity index (χ1) is 9.77. The Morgan fingerprint density at radius 3 is 2.33 bits per heavy atom. The lowest BCUT2D eigenvalue weighted by Crippen LogP contribution is -2.17. The molecule has 7 heteroatoms. The molecule has 0 aliphatic rings. The fraction of sp³-hybridized carbons (Fsp3) is 0.214. The number of anilines is 1. The first-order valence-electron chi connectivity index (χ1n) is 5.88. The zero-order chi connectivity index (χ0) is 16.2. The van der Waals surface area contributed by atoms with Crippen molar-refractivity contribution in [2.45, 2.75) is 13.8 Å². The summed E-state index contributed by atoms with van der Waals surface area (Å²) in [5.41, 5.74) is -0.277. The molecule has 0 bridgehead atoms. The number of methoxy groups -OCH3 is 1. The second-order valence-corrected chi connectivity index (χ2v) is 4.20. The number of benzene rings is 1. The van der Waals surface area contributed by atoms with Gasteiger partial charge in [0.2, 0.25) is 0 Å².